The molecular formula is C23H28N4O4. The summed E-state index contributed by atoms with van der Waals surface area (Å²) in [5.74, 6) is 0.472. The van der Waals surface area contributed by atoms with Gasteiger partial charge in [-0.1, -0.05) is 18.2 Å². The number of amides is 1. The van der Waals surface area contributed by atoms with Crippen LogP contribution in [-0.2, 0) is 0 Å². The van der Waals surface area contributed by atoms with Crippen LogP contribution in [0.25, 0.3) is 0 Å². The molecule has 1 aliphatic heterocycles. The molecule has 1 saturated heterocycles. The van der Waals surface area contributed by atoms with E-state index in [1.807, 2.05) is 24.3 Å². The molecule has 31 heavy (non-hydrogen) atoms. The molecular weight excluding hydrogens is 396 g/mol. The Morgan fingerprint density at radius 1 is 1.23 bits per heavy atom. The van der Waals surface area contributed by atoms with Crippen molar-refractivity contribution in [2.45, 2.75) is 37.8 Å². The van der Waals surface area contributed by atoms with Crippen LogP contribution in [0, 0.1) is 10.1 Å². The van der Waals surface area contributed by atoms with E-state index in [1.54, 1.807) is 19.2 Å². The van der Waals surface area contributed by atoms with Gasteiger partial charge in [-0.05, 0) is 57.0 Å². The molecule has 8 nitrogen and oxygen atoms in total. The molecule has 2 aromatic rings. The maximum atomic E-state index is 12.9. The standard InChI is InChI=1S/C23H28N4O4/c1-31-22-7-3-2-6-18(22)21(26-12-4-5-13-26)15-24-23(28)16-8-11-19(25-17-9-10-17)20(14-16)27(29)30/h2-3,6-8,11,14,17,21,25H,4-5,9-10,12-13,15H2,1H3,(H,24,28). The van der Waals surface area contributed by atoms with E-state index in [9.17, 15) is 14.9 Å². The van der Waals surface area contributed by atoms with Gasteiger partial charge in [0.05, 0.1) is 18.1 Å². The van der Waals surface area contributed by atoms with Crippen LogP contribution < -0.4 is 15.4 Å². The number of para-hydroxylation sites is 1. The van der Waals surface area contributed by atoms with Gasteiger partial charge in [0, 0.05) is 29.8 Å². The number of nitro benzene ring substituents is 1. The molecule has 2 aromatic carbocycles. The Labute approximate surface area is 181 Å². The maximum Gasteiger partial charge on any atom is 0.293 e. The summed E-state index contributed by atoms with van der Waals surface area (Å²) >= 11 is 0. The van der Waals surface area contributed by atoms with E-state index in [0.717, 1.165) is 50.1 Å². The average Bonchev–Trinajstić information content (AvgIpc) is 3.43. The van der Waals surface area contributed by atoms with Crippen LogP contribution in [0.5, 0.6) is 5.75 Å². The van der Waals surface area contributed by atoms with Gasteiger partial charge in [0.1, 0.15) is 11.4 Å². The van der Waals surface area contributed by atoms with Crippen LogP contribution >= 0.6 is 0 Å². The lowest BCUT2D eigenvalue weighted by Gasteiger charge is -2.29. The van der Waals surface area contributed by atoms with E-state index in [4.69, 9.17) is 4.74 Å². The zero-order valence-electron chi connectivity index (χ0n) is 17.7. The lowest BCUT2D eigenvalue weighted by Crippen LogP contribution is -2.37. The second kappa shape index (κ2) is 9.34. The van der Waals surface area contributed by atoms with Crippen LogP contribution in [0.1, 0.15) is 47.6 Å². The second-order valence-electron chi connectivity index (χ2n) is 8.12. The number of anilines is 1. The minimum Gasteiger partial charge on any atom is -0.496 e. The van der Waals surface area contributed by atoms with E-state index in [2.05, 4.69) is 15.5 Å². The highest BCUT2D eigenvalue weighted by Gasteiger charge is 2.28. The monoisotopic (exact) mass is 424 g/mol. The zero-order chi connectivity index (χ0) is 21.8. The second-order valence-corrected chi connectivity index (χ2v) is 8.12. The van der Waals surface area contributed by atoms with Gasteiger partial charge in [0.15, 0.2) is 0 Å². The number of nitro groups is 1. The van der Waals surface area contributed by atoms with E-state index in [-0.39, 0.29) is 23.2 Å². The average molecular weight is 425 g/mol. The van der Waals surface area contributed by atoms with E-state index in [1.165, 1.54) is 6.07 Å². The highest BCUT2D eigenvalue weighted by molar-refractivity contribution is 5.95. The number of benzene rings is 2. The summed E-state index contributed by atoms with van der Waals surface area (Å²) in [6.45, 7) is 2.33. The van der Waals surface area contributed by atoms with Gasteiger partial charge < -0.3 is 15.4 Å². The third kappa shape index (κ3) is 4.96. The van der Waals surface area contributed by atoms with Gasteiger partial charge in [-0.15, -0.1) is 0 Å². The van der Waals surface area contributed by atoms with Crippen molar-refractivity contribution in [3.63, 3.8) is 0 Å². The zero-order valence-corrected chi connectivity index (χ0v) is 17.7. The lowest BCUT2D eigenvalue weighted by atomic mass is 10.0. The van der Waals surface area contributed by atoms with Crippen LogP contribution in [-0.4, -0.2) is 48.5 Å². The Balaban J connectivity index is 1.51. The summed E-state index contributed by atoms with van der Waals surface area (Å²) in [7, 11) is 1.65. The van der Waals surface area contributed by atoms with Gasteiger partial charge in [-0.3, -0.25) is 19.8 Å². The molecule has 2 fully saturated rings. The van der Waals surface area contributed by atoms with Crippen molar-refractivity contribution >= 4 is 17.3 Å². The summed E-state index contributed by atoms with van der Waals surface area (Å²) in [6, 6.07) is 12.7. The van der Waals surface area contributed by atoms with Crippen LogP contribution in [0.15, 0.2) is 42.5 Å². The van der Waals surface area contributed by atoms with Crippen molar-refractivity contribution in [2.24, 2.45) is 0 Å². The summed E-state index contributed by atoms with van der Waals surface area (Å²) in [6.07, 6.45) is 4.28. The molecule has 1 aliphatic carbocycles. The molecule has 8 heteroatoms. The molecule has 0 radical (unpaired) electrons. The molecule has 2 aliphatic rings. The van der Waals surface area contributed by atoms with Crippen molar-refractivity contribution in [3.05, 3.63) is 63.7 Å². The molecule has 4 rings (SSSR count). The Morgan fingerprint density at radius 3 is 2.65 bits per heavy atom. The Morgan fingerprint density at radius 2 is 1.97 bits per heavy atom. The number of rotatable bonds is 9. The molecule has 0 spiro atoms. The predicted molar refractivity (Wildman–Crippen MR) is 119 cm³/mol. The normalized spacial score (nSPS) is 17.2. The van der Waals surface area contributed by atoms with E-state index >= 15 is 0 Å². The minimum atomic E-state index is -0.441. The van der Waals surface area contributed by atoms with Crippen molar-refractivity contribution in [1.29, 1.82) is 0 Å². The fraction of sp³-hybridized carbons (Fsp3) is 0.435. The number of nitrogens with zero attached hydrogens (tertiary/aromatic N) is 2. The van der Waals surface area contributed by atoms with Gasteiger partial charge in [-0.2, -0.15) is 0 Å². The van der Waals surface area contributed by atoms with Crippen LogP contribution in [0.4, 0.5) is 11.4 Å². The Bertz CT molecular complexity index is 954. The molecule has 0 bridgehead atoms. The molecule has 2 N–H and O–H groups in total. The first-order chi connectivity index (χ1) is 15.1. The number of likely N-dealkylation sites (tertiary alicyclic amines) is 1. The fourth-order valence-electron chi connectivity index (χ4n) is 4.12. The molecule has 1 atom stereocenters. The fourth-order valence-corrected chi connectivity index (χ4v) is 4.12. The molecule has 0 aromatic heterocycles. The summed E-state index contributed by atoms with van der Waals surface area (Å²) in [5, 5.41) is 17.7. The van der Waals surface area contributed by atoms with Crippen molar-refractivity contribution in [3.8, 4) is 5.75 Å². The molecule has 1 amide bonds. The smallest absolute Gasteiger partial charge is 0.293 e. The summed E-state index contributed by atoms with van der Waals surface area (Å²) in [4.78, 5) is 26.3. The minimum absolute atomic E-state index is 0.0200. The predicted octanol–water partition coefficient (Wildman–Crippen LogP) is 3.74. The molecule has 1 heterocycles. The number of nitrogens with one attached hydrogen (secondary N) is 2. The first-order valence-electron chi connectivity index (χ1n) is 10.8. The maximum absolute atomic E-state index is 12.9. The molecule has 1 saturated carbocycles. The SMILES string of the molecule is COc1ccccc1C(CNC(=O)c1ccc(NC2CC2)c([N+](=O)[O-])c1)N1CCCC1. The van der Waals surface area contributed by atoms with Crippen LogP contribution in [0.3, 0.4) is 0 Å². The molecule has 1 unspecified atom stereocenters. The number of carbonyl (C=O) groups excluding carboxylic acids is 1. The topological polar surface area (TPSA) is 96.7 Å². The van der Waals surface area contributed by atoms with Crippen LogP contribution in [0.2, 0.25) is 0 Å². The first kappa shape index (κ1) is 21.1. The number of methoxy groups -OCH3 is 1. The van der Waals surface area contributed by atoms with Gasteiger partial charge in [-0.25, -0.2) is 0 Å². The first-order valence-corrected chi connectivity index (χ1v) is 10.8. The van der Waals surface area contributed by atoms with E-state index in [0.29, 0.717) is 18.3 Å². The number of carbonyl (C=O) groups is 1. The number of ether oxygens (including phenoxy) is 1. The summed E-state index contributed by atoms with van der Waals surface area (Å²) < 4.78 is 5.55. The van der Waals surface area contributed by atoms with Gasteiger partial charge in [0.2, 0.25) is 0 Å². The van der Waals surface area contributed by atoms with Crippen molar-refractivity contribution in [1.82, 2.24) is 10.2 Å². The largest absolute Gasteiger partial charge is 0.496 e. The van der Waals surface area contributed by atoms with E-state index < -0.39 is 4.92 Å². The Kier molecular flexibility index (Phi) is 6.36. The number of hydrogen-bond acceptors (Lipinski definition) is 6. The Hall–Kier alpha value is -3.13. The third-order valence-corrected chi connectivity index (χ3v) is 5.93. The quantitative estimate of drug-likeness (QED) is 0.470. The molecule has 164 valence electrons. The van der Waals surface area contributed by atoms with Crippen molar-refractivity contribution < 1.29 is 14.5 Å². The summed E-state index contributed by atoms with van der Waals surface area (Å²) in [5.41, 5.74) is 1.71. The van der Waals surface area contributed by atoms with Gasteiger partial charge in [0.25, 0.3) is 11.6 Å². The number of hydrogen-bond donors (Lipinski definition) is 2. The van der Waals surface area contributed by atoms with Gasteiger partial charge >= 0.3 is 0 Å². The van der Waals surface area contributed by atoms with Crippen molar-refractivity contribution in [2.75, 3.05) is 32.1 Å². The lowest BCUT2D eigenvalue weighted by molar-refractivity contribution is -0.384. The highest BCUT2D eigenvalue weighted by Crippen LogP contribution is 2.33. The highest BCUT2D eigenvalue weighted by atomic mass is 16.6. The third-order valence-electron chi connectivity index (χ3n) is 5.93.